The minimum Gasteiger partial charge on any atom is -0.383 e. The van der Waals surface area contributed by atoms with Crippen LogP contribution in [-0.2, 0) is 10.2 Å². The quantitative estimate of drug-likeness (QED) is 0.703. The molecule has 3 heteroatoms. The molecule has 0 spiro atoms. The zero-order valence-electron chi connectivity index (χ0n) is 10.1. The summed E-state index contributed by atoms with van der Waals surface area (Å²) in [6.07, 6.45) is 0.526. The molecule has 1 aliphatic heterocycles. The van der Waals surface area contributed by atoms with Gasteiger partial charge in [0, 0.05) is 13.0 Å². The molecule has 0 bridgehead atoms. The van der Waals surface area contributed by atoms with Gasteiger partial charge in [-0.1, -0.05) is 32.9 Å². The summed E-state index contributed by atoms with van der Waals surface area (Å²) in [5.41, 5.74) is 3.29. The van der Waals surface area contributed by atoms with Gasteiger partial charge in [0.2, 0.25) is 5.91 Å². The number of nitrogens with one attached hydrogen (secondary N) is 2. The molecule has 86 valence electrons. The summed E-state index contributed by atoms with van der Waals surface area (Å²) in [4.78, 5) is 11.5. The summed E-state index contributed by atoms with van der Waals surface area (Å²) in [7, 11) is 0. The van der Waals surface area contributed by atoms with Crippen molar-refractivity contribution in [1.29, 1.82) is 0 Å². The Kier molecular flexibility index (Phi) is 2.62. The topological polar surface area (TPSA) is 41.1 Å². The lowest BCUT2D eigenvalue weighted by molar-refractivity contribution is -0.115. The molecule has 1 heterocycles. The van der Waals surface area contributed by atoms with Crippen LogP contribution in [-0.4, -0.2) is 12.5 Å². The van der Waals surface area contributed by atoms with E-state index in [0.717, 1.165) is 11.4 Å². The summed E-state index contributed by atoms with van der Waals surface area (Å²) in [5, 5.41) is 6.28. The van der Waals surface area contributed by atoms with E-state index in [9.17, 15) is 4.79 Å². The average molecular weight is 218 g/mol. The fourth-order valence-corrected chi connectivity index (χ4v) is 1.99. The van der Waals surface area contributed by atoms with Crippen molar-refractivity contribution in [2.24, 2.45) is 0 Å². The van der Waals surface area contributed by atoms with Gasteiger partial charge in [-0.3, -0.25) is 4.79 Å². The summed E-state index contributed by atoms with van der Waals surface area (Å²) >= 11 is 0. The van der Waals surface area contributed by atoms with Crippen molar-refractivity contribution < 1.29 is 4.79 Å². The first kappa shape index (κ1) is 11.0. The van der Waals surface area contributed by atoms with Gasteiger partial charge in [-0.2, -0.15) is 0 Å². The number of para-hydroxylation sites is 1. The van der Waals surface area contributed by atoms with Crippen LogP contribution in [0, 0.1) is 0 Å². The van der Waals surface area contributed by atoms with Crippen LogP contribution in [0.3, 0.4) is 0 Å². The number of fused-ring (bicyclic) bond motifs is 1. The first-order chi connectivity index (χ1) is 7.48. The summed E-state index contributed by atoms with van der Waals surface area (Å²) in [6.45, 7) is 7.23. The normalized spacial score (nSPS) is 15.8. The average Bonchev–Trinajstić information content (AvgIpc) is 2.35. The van der Waals surface area contributed by atoms with Crippen LogP contribution >= 0.6 is 0 Å². The first-order valence-corrected chi connectivity index (χ1v) is 5.66. The molecule has 1 aromatic carbocycles. The molecule has 2 N–H and O–H groups in total. The second-order valence-corrected chi connectivity index (χ2v) is 5.20. The molecule has 3 nitrogen and oxygen atoms in total. The molecule has 1 aliphatic rings. The molecule has 0 unspecified atom stereocenters. The van der Waals surface area contributed by atoms with Crippen molar-refractivity contribution >= 4 is 17.3 Å². The molecule has 1 amide bonds. The van der Waals surface area contributed by atoms with Gasteiger partial charge in [-0.05, 0) is 17.0 Å². The molecule has 0 atom stereocenters. The monoisotopic (exact) mass is 218 g/mol. The molecule has 0 aromatic heterocycles. The number of carbonyl (C=O) groups excluding carboxylic acids is 1. The summed E-state index contributed by atoms with van der Waals surface area (Å²) in [5.74, 6) is 0.0808. The van der Waals surface area contributed by atoms with E-state index in [0.29, 0.717) is 13.0 Å². The van der Waals surface area contributed by atoms with Crippen LogP contribution in [0.1, 0.15) is 32.8 Å². The van der Waals surface area contributed by atoms with Gasteiger partial charge in [0.25, 0.3) is 0 Å². The van der Waals surface area contributed by atoms with Crippen molar-refractivity contribution in [3.8, 4) is 0 Å². The Hall–Kier alpha value is -1.51. The van der Waals surface area contributed by atoms with Crippen molar-refractivity contribution in [2.75, 3.05) is 17.2 Å². The molecule has 0 fully saturated rings. The van der Waals surface area contributed by atoms with E-state index in [-0.39, 0.29) is 11.3 Å². The minimum atomic E-state index is 0.0768. The van der Waals surface area contributed by atoms with E-state index in [1.807, 2.05) is 12.1 Å². The van der Waals surface area contributed by atoms with Crippen LogP contribution in [0.5, 0.6) is 0 Å². The molecular formula is C13H18N2O. The fourth-order valence-electron chi connectivity index (χ4n) is 1.99. The van der Waals surface area contributed by atoms with Gasteiger partial charge in [0.05, 0.1) is 11.4 Å². The van der Waals surface area contributed by atoms with Crippen LogP contribution in [0.4, 0.5) is 11.4 Å². The zero-order chi connectivity index (χ0) is 11.8. The number of hydrogen-bond donors (Lipinski definition) is 2. The molecule has 1 aromatic rings. The van der Waals surface area contributed by atoms with Gasteiger partial charge in [0.1, 0.15) is 0 Å². The first-order valence-electron chi connectivity index (χ1n) is 5.66. The van der Waals surface area contributed by atoms with Crippen LogP contribution in [0.2, 0.25) is 0 Å². The highest BCUT2D eigenvalue weighted by Gasteiger charge is 2.22. The Morgan fingerprint density at radius 1 is 1.25 bits per heavy atom. The lowest BCUT2D eigenvalue weighted by Gasteiger charge is -2.24. The van der Waals surface area contributed by atoms with Crippen molar-refractivity contribution in [3.63, 3.8) is 0 Å². The maximum absolute atomic E-state index is 11.5. The minimum absolute atomic E-state index is 0.0768. The van der Waals surface area contributed by atoms with Crippen LogP contribution in [0.25, 0.3) is 0 Å². The predicted molar refractivity (Wildman–Crippen MR) is 66.9 cm³/mol. The number of anilines is 2. The van der Waals surface area contributed by atoms with E-state index in [1.165, 1.54) is 5.56 Å². The highest BCUT2D eigenvalue weighted by atomic mass is 16.1. The zero-order valence-corrected chi connectivity index (χ0v) is 10.1. The van der Waals surface area contributed by atoms with Gasteiger partial charge in [0.15, 0.2) is 0 Å². The number of hydrogen-bond acceptors (Lipinski definition) is 2. The van der Waals surface area contributed by atoms with Gasteiger partial charge in [-0.15, -0.1) is 0 Å². The standard InChI is InChI=1S/C13H18N2O/c1-13(2,3)9-5-4-6-10-12(9)14-8-7-11(16)15-10/h4-6,14H,7-8H2,1-3H3,(H,15,16). The Labute approximate surface area is 96.2 Å². The Morgan fingerprint density at radius 2 is 2.00 bits per heavy atom. The van der Waals surface area contributed by atoms with Gasteiger partial charge < -0.3 is 10.6 Å². The molecule has 16 heavy (non-hydrogen) atoms. The van der Waals surface area contributed by atoms with E-state index in [1.54, 1.807) is 0 Å². The largest absolute Gasteiger partial charge is 0.383 e. The molecule has 0 saturated carbocycles. The van der Waals surface area contributed by atoms with E-state index >= 15 is 0 Å². The van der Waals surface area contributed by atoms with Crippen molar-refractivity contribution in [3.05, 3.63) is 23.8 Å². The maximum atomic E-state index is 11.5. The lowest BCUT2D eigenvalue weighted by atomic mass is 9.85. The van der Waals surface area contributed by atoms with E-state index in [4.69, 9.17) is 0 Å². The molecular weight excluding hydrogens is 200 g/mol. The van der Waals surface area contributed by atoms with Crippen molar-refractivity contribution in [1.82, 2.24) is 0 Å². The second-order valence-electron chi connectivity index (χ2n) is 5.20. The highest BCUT2D eigenvalue weighted by molar-refractivity contribution is 5.96. The van der Waals surface area contributed by atoms with Gasteiger partial charge in [-0.25, -0.2) is 0 Å². The summed E-state index contributed by atoms with van der Waals surface area (Å²) < 4.78 is 0. The Balaban J connectivity index is 2.51. The third-order valence-corrected chi connectivity index (χ3v) is 2.80. The maximum Gasteiger partial charge on any atom is 0.226 e. The molecule has 0 aliphatic carbocycles. The Morgan fingerprint density at radius 3 is 2.69 bits per heavy atom. The van der Waals surface area contributed by atoms with E-state index < -0.39 is 0 Å². The number of benzene rings is 1. The predicted octanol–water partition coefficient (Wildman–Crippen LogP) is 2.74. The summed E-state index contributed by atoms with van der Waals surface area (Å²) in [6, 6.07) is 6.05. The number of carbonyl (C=O) groups is 1. The number of amides is 1. The molecule has 0 saturated heterocycles. The second kappa shape index (κ2) is 3.81. The third-order valence-electron chi connectivity index (χ3n) is 2.80. The fraction of sp³-hybridized carbons (Fsp3) is 0.462. The smallest absolute Gasteiger partial charge is 0.226 e. The SMILES string of the molecule is CC(C)(C)c1cccc2c1NCCC(=O)N2. The van der Waals surface area contributed by atoms with E-state index in [2.05, 4.69) is 37.5 Å². The highest BCUT2D eigenvalue weighted by Crippen LogP contribution is 2.35. The van der Waals surface area contributed by atoms with Gasteiger partial charge >= 0.3 is 0 Å². The molecule has 0 radical (unpaired) electrons. The molecule has 2 rings (SSSR count). The van der Waals surface area contributed by atoms with Crippen LogP contribution in [0.15, 0.2) is 18.2 Å². The van der Waals surface area contributed by atoms with Crippen LogP contribution < -0.4 is 10.6 Å². The third kappa shape index (κ3) is 2.03. The number of rotatable bonds is 0. The Bertz CT molecular complexity index is 418. The van der Waals surface area contributed by atoms with Crippen molar-refractivity contribution in [2.45, 2.75) is 32.6 Å². The lowest BCUT2D eigenvalue weighted by Crippen LogP contribution is -2.15.